The summed E-state index contributed by atoms with van der Waals surface area (Å²) >= 11 is 0. The maximum atomic E-state index is 13.4. The molecular formula is C15H14F3N3O3. The van der Waals surface area contributed by atoms with E-state index >= 15 is 0 Å². The SMILES string of the molecule is Cc1cccc2c1C(O)N(C1CCC(=O)NC1=O)C(C(F)(F)F)=N2. The lowest BCUT2D eigenvalue weighted by molar-refractivity contribution is -0.141. The van der Waals surface area contributed by atoms with Gasteiger partial charge in [-0.25, -0.2) is 4.99 Å². The first-order chi connectivity index (χ1) is 11.2. The van der Waals surface area contributed by atoms with Crippen molar-refractivity contribution in [2.24, 2.45) is 4.99 Å². The van der Waals surface area contributed by atoms with Crippen LogP contribution in [0.5, 0.6) is 0 Å². The number of amidine groups is 1. The Morgan fingerprint density at radius 2 is 2.04 bits per heavy atom. The Morgan fingerprint density at radius 1 is 1.33 bits per heavy atom. The van der Waals surface area contributed by atoms with E-state index in [4.69, 9.17) is 0 Å². The molecule has 2 unspecified atom stereocenters. The zero-order valence-electron chi connectivity index (χ0n) is 12.6. The highest BCUT2D eigenvalue weighted by Crippen LogP contribution is 2.41. The van der Waals surface area contributed by atoms with Gasteiger partial charge in [0.05, 0.1) is 5.69 Å². The maximum absolute atomic E-state index is 13.4. The van der Waals surface area contributed by atoms with Crippen LogP contribution in [0.3, 0.4) is 0 Å². The van der Waals surface area contributed by atoms with Gasteiger partial charge in [-0.3, -0.25) is 14.9 Å². The smallest absolute Gasteiger partial charge is 0.369 e. The number of hydrogen-bond donors (Lipinski definition) is 2. The third kappa shape index (κ3) is 2.64. The standard InChI is InChI=1S/C15H14F3N3O3/c1-7-3-2-4-8-11(7)13(24)21(14(19-8)15(16,17)18)9-5-6-10(22)20-12(9)23/h2-4,9,13,24H,5-6H2,1H3,(H,20,22,23). The highest BCUT2D eigenvalue weighted by Gasteiger charge is 2.50. The summed E-state index contributed by atoms with van der Waals surface area (Å²) in [6, 6.07) is 3.23. The van der Waals surface area contributed by atoms with E-state index in [2.05, 4.69) is 4.99 Å². The summed E-state index contributed by atoms with van der Waals surface area (Å²) in [4.78, 5) is 27.4. The van der Waals surface area contributed by atoms with E-state index in [0.29, 0.717) is 10.5 Å². The normalized spacial score (nSPS) is 24.4. The van der Waals surface area contributed by atoms with Gasteiger partial charge in [0.2, 0.25) is 17.6 Å². The number of rotatable bonds is 1. The van der Waals surface area contributed by atoms with Gasteiger partial charge in [0.1, 0.15) is 6.04 Å². The van der Waals surface area contributed by atoms with Crippen molar-refractivity contribution in [1.29, 1.82) is 0 Å². The molecule has 0 aromatic heterocycles. The van der Waals surface area contributed by atoms with Gasteiger partial charge in [-0.1, -0.05) is 12.1 Å². The molecule has 2 atom stereocenters. The molecule has 1 saturated heterocycles. The van der Waals surface area contributed by atoms with Gasteiger partial charge >= 0.3 is 6.18 Å². The summed E-state index contributed by atoms with van der Waals surface area (Å²) in [6.45, 7) is 1.64. The second-order valence-electron chi connectivity index (χ2n) is 5.69. The zero-order chi connectivity index (χ0) is 17.6. The summed E-state index contributed by atoms with van der Waals surface area (Å²) in [6.07, 6.45) is -6.77. The van der Waals surface area contributed by atoms with Crippen LogP contribution in [0.1, 0.15) is 30.2 Å². The van der Waals surface area contributed by atoms with E-state index in [1.165, 1.54) is 6.07 Å². The Labute approximate surface area is 135 Å². The predicted molar refractivity (Wildman–Crippen MR) is 77.3 cm³/mol. The van der Waals surface area contributed by atoms with E-state index in [1.54, 1.807) is 19.1 Å². The number of aryl methyl sites for hydroxylation is 1. The van der Waals surface area contributed by atoms with E-state index in [0.717, 1.165) is 0 Å². The number of halogens is 3. The van der Waals surface area contributed by atoms with Crippen molar-refractivity contribution in [2.45, 2.75) is 38.2 Å². The number of aliphatic hydroxyl groups is 1. The number of benzene rings is 1. The summed E-state index contributed by atoms with van der Waals surface area (Å²) in [5, 5.41) is 12.6. The molecule has 2 aliphatic rings. The van der Waals surface area contributed by atoms with Gasteiger partial charge in [0.15, 0.2) is 6.23 Å². The molecule has 1 fully saturated rings. The van der Waals surface area contributed by atoms with Crippen LogP contribution in [0.2, 0.25) is 0 Å². The second-order valence-corrected chi connectivity index (χ2v) is 5.69. The summed E-state index contributed by atoms with van der Waals surface area (Å²) in [5.41, 5.74) is 0.788. The Bertz CT molecular complexity index is 745. The van der Waals surface area contributed by atoms with Crippen LogP contribution < -0.4 is 5.32 Å². The van der Waals surface area contributed by atoms with Crippen molar-refractivity contribution in [3.8, 4) is 0 Å². The average molecular weight is 341 g/mol. The van der Waals surface area contributed by atoms with Crippen LogP contribution >= 0.6 is 0 Å². The first-order valence-corrected chi connectivity index (χ1v) is 7.25. The third-order valence-corrected chi connectivity index (χ3v) is 4.09. The van der Waals surface area contributed by atoms with Crippen molar-refractivity contribution < 1.29 is 27.9 Å². The fourth-order valence-corrected chi connectivity index (χ4v) is 3.00. The summed E-state index contributed by atoms with van der Waals surface area (Å²) in [7, 11) is 0. The molecule has 0 spiro atoms. The maximum Gasteiger partial charge on any atom is 0.449 e. The number of carbonyl (C=O) groups is 2. The highest BCUT2D eigenvalue weighted by atomic mass is 19.4. The second kappa shape index (κ2) is 5.59. The van der Waals surface area contributed by atoms with Crippen LogP contribution in [0, 0.1) is 6.92 Å². The van der Waals surface area contributed by atoms with E-state index < -0.39 is 36.1 Å². The number of fused-ring (bicyclic) bond motifs is 1. The molecule has 0 saturated carbocycles. The molecule has 9 heteroatoms. The fraction of sp³-hybridized carbons (Fsp3) is 0.400. The van der Waals surface area contributed by atoms with Crippen molar-refractivity contribution in [3.63, 3.8) is 0 Å². The first-order valence-electron chi connectivity index (χ1n) is 7.25. The number of amides is 2. The van der Waals surface area contributed by atoms with Gasteiger partial charge in [0, 0.05) is 12.0 Å². The molecule has 0 aliphatic carbocycles. The quantitative estimate of drug-likeness (QED) is 0.762. The molecule has 2 N–H and O–H groups in total. The minimum Gasteiger partial charge on any atom is -0.369 e. The molecule has 1 aromatic rings. The van der Waals surface area contributed by atoms with Gasteiger partial charge in [-0.15, -0.1) is 0 Å². The van der Waals surface area contributed by atoms with Crippen LogP contribution in [-0.2, 0) is 9.59 Å². The molecule has 2 amide bonds. The van der Waals surface area contributed by atoms with E-state index in [9.17, 15) is 27.9 Å². The van der Waals surface area contributed by atoms with Crippen molar-refractivity contribution in [1.82, 2.24) is 10.2 Å². The van der Waals surface area contributed by atoms with Gasteiger partial charge in [-0.05, 0) is 25.0 Å². The van der Waals surface area contributed by atoms with Crippen LogP contribution in [0.25, 0.3) is 0 Å². The van der Waals surface area contributed by atoms with Crippen molar-refractivity contribution in [2.75, 3.05) is 0 Å². The van der Waals surface area contributed by atoms with Crippen molar-refractivity contribution >= 4 is 23.3 Å². The number of nitrogens with zero attached hydrogens (tertiary/aromatic N) is 2. The van der Waals surface area contributed by atoms with Gasteiger partial charge < -0.3 is 10.0 Å². The molecule has 128 valence electrons. The number of imide groups is 1. The van der Waals surface area contributed by atoms with E-state index in [1.807, 2.05) is 5.32 Å². The van der Waals surface area contributed by atoms with Gasteiger partial charge in [-0.2, -0.15) is 13.2 Å². The molecule has 0 radical (unpaired) electrons. The van der Waals surface area contributed by atoms with Crippen molar-refractivity contribution in [3.05, 3.63) is 29.3 Å². The van der Waals surface area contributed by atoms with E-state index in [-0.39, 0.29) is 24.1 Å². The number of piperidine rings is 1. The lowest BCUT2D eigenvalue weighted by atomic mass is 9.97. The Kier molecular flexibility index (Phi) is 3.83. The van der Waals surface area contributed by atoms with Crippen LogP contribution in [0.15, 0.2) is 23.2 Å². The average Bonchev–Trinajstić information content (AvgIpc) is 2.47. The third-order valence-electron chi connectivity index (χ3n) is 4.09. The Balaban J connectivity index is 2.12. The minimum atomic E-state index is -4.86. The fourth-order valence-electron chi connectivity index (χ4n) is 3.00. The lowest BCUT2D eigenvalue weighted by Gasteiger charge is -2.41. The Morgan fingerprint density at radius 3 is 2.67 bits per heavy atom. The molecule has 6 nitrogen and oxygen atoms in total. The summed E-state index contributed by atoms with van der Waals surface area (Å²) < 4.78 is 40.3. The van der Waals surface area contributed by atoms with Gasteiger partial charge in [0.25, 0.3) is 0 Å². The Hall–Kier alpha value is -2.42. The zero-order valence-corrected chi connectivity index (χ0v) is 12.6. The molecule has 2 aliphatic heterocycles. The molecular weight excluding hydrogens is 327 g/mol. The minimum absolute atomic E-state index is 0.0124. The monoisotopic (exact) mass is 341 g/mol. The number of aliphatic imine (C=N–C) groups is 1. The molecule has 3 rings (SSSR count). The molecule has 1 aromatic carbocycles. The first kappa shape index (κ1) is 16.4. The number of nitrogens with one attached hydrogen (secondary N) is 1. The molecule has 2 heterocycles. The predicted octanol–water partition coefficient (Wildman–Crippen LogP) is 1.70. The lowest BCUT2D eigenvalue weighted by Crippen LogP contribution is -2.58. The number of carbonyl (C=O) groups excluding carboxylic acids is 2. The number of aliphatic hydroxyl groups excluding tert-OH is 1. The molecule has 24 heavy (non-hydrogen) atoms. The number of hydrogen-bond acceptors (Lipinski definition) is 5. The largest absolute Gasteiger partial charge is 0.449 e. The number of alkyl halides is 3. The summed E-state index contributed by atoms with van der Waals surface area (Å²) in [5.74, 6) is -2.77. The topological polar surface area (TPSA) is 82.0 Å². The molecule has 0 bridgehead atoms. The van der Waals surface area contributed by atoms with Crippen LogP contribution in [0.4, 0.5) is 18.9 Å². The van der Waals surface area contributed by atoms with Crippen LogP contribution in [-0.4, -0.2) is 39.9 Å². The highest BCUT2D eigenvalue weighted by molar-refractivity contribution is 6.03.